The molecule has 146 valence electrons. The second-order valence-electron chi connectivity index (χ2n) is 7.85. The highest BCUT2D eigenvalue weighted by Crippen LogP contribution is 2.37. The molecule has 8 nitrogen and oxygen atoms in total. The Morgan fingerprint density at radius 1 is 1.04 bits per heavy atom. The standard InChI is InChI=1S/C18H29N3O5/c1-18(2,3)26-17(25)20-10-9-19-14(22)8-11-21-15(23)12-6-4-5-7-13(12)16(21)24/h12-13H,4-11H2,1-3H3,(H,19,22)(H,20,25). The number of amides is 4. The van der Waals surface area contributed by atoms with E-state index in [9.17, 15) is 19.2 Å². The lowest BCUT2D eigenvalue weighted by Crippen LogP contribution is -2.39. The SMILES string of the molecule is CC(C)(C)OC(=O)NCCNC(=O)CCN1C(=O)C2CCCCC2C1=O. The molecular weight excluding hydrogens is 338 g/mol. The van der Waals surface area contributed by atoms with E-state index >= 15 is 0 Å². The summed E-state index contributed by atoms with van der Waals surface area (Å²) >= 11 is 0. The normalized spacial score (nSPS) is 22.8. The highest BCUT2D eigenvalue weighted by atomic mass is 16.6. The van der Waals surface area contributed by atoms with Crippen molar-refractivity contribution in [1.82, 2.24) is 15.5 Å². The fourth-order valence-electron chi connectivity index (χ4n) is 3.43. The van der Waals surface area contributed by atoms with Crippen molar-refractivity contribution in [3.05, 3.63) is 0 Å². The second kappa shape index (κ2) is 8.51. The number of nitrogens with one attached hydrogen (secondary N) is 2. The largest absolute Gasteiger partial charge is 0.444 e. The maximum Gasteiger partial charge on any atom is 0.407 e. The van der Waals surface area contributed by atoms with Gasteiger partial charge in [-0.15, -0.1) is 0 Å². The van der Waals surface area contributed by atoms with Crippen LogP contribution in [0.5, 0.6) is 0 Å². The first-order valence-electron chi connectivity index (χ1n) is 9.28. The van der Waals surface area contributed by atoms with E-state index in [-0.39, 0.29) is 55.6 Å². The molecule has 2 rings (SSSR count). The van der Waals surface area contributed by atoms with Crippen LogP contribution in [-0.2, 0) is 19.1 Å². The fourth-order valence-corrected chi connectivity index (χ4v) is 3.43. The molecule has 0 spiro atoms. The Hall–Kier alpha value is -2.12. The van der Waals surface area contributed by atoms with Crippen LogP contribution < -0.4 is 10.6 Å². The lowest BCUT2D eigenvalue weighted by atomic mass is 9.81. The van der Waals surface area contributed by atoms with Gasteiger partial charge in [-0.25, -0.2) is 4.79 Å². The number of carbonyl (C=O) groups excluding carboxylic acids is 4. The Balaban J connectivity index is 1.65. The van der Waals surface area contributed by atoms with E-state index in [0.29, 0.717) is 0 Å². The fraction of sp³-hybridized carbons (Fsp3) is 0.778. The molecule has 1 aliphatic heterocycles. The summed E-state index contributed by atoms with van der Waals surface area (Å²) < 4.78 is 5.09. The van der Waals surface area contributed by atoms with Crippen LogP contribution in [0.25, 0.3) is 0 Å². The second-order valence-corrected chi connectivity index (χ2v) is 7.85. The molecular formula is C18H29N3O5. The van der Waals surface area contributed by atoms with E-state index in [1.165, 1.54) is 4.90 Å². The van der Waals surface area contributed by atoms with Gasteiger partial charge >= 0.3 is 6.09 Å². The molecule has 26 heavy (non-hydrogen) atoms. The Kier molecular flexibility index (Phi) is 6.61. The van der Waals surface area contributed by atoms with Gasteiger partial charge in [-0.2, -0.15) is 0 Å². The van der Waals surface area contributed by atoms with Gasteiger partial charge in [0.2, 0.25) is 17.7 Å². The molecule has 8 heteroatoms. The molecule has 1 heterocycles. The van der Waals surface area contributed by atoms with Crippen LogP contribution in [0.4, 0.5) is 4.79 Å². The van der Waals surface area contributed by atoms with Crippen molar-refractivity contribution in [1.29, 1.82) is 0 Å². The molecule has 2 fully saturated rings. The molecule has 0 aromatic heterocycles. The molecule has 1 saturated heterocycles. The zero-order valence-electron chi connectivity index (χ0n) is 15.8. The Morgan fingerprint density at radius 2 is 1.58 bits per heavy atom. The van der Waals surface area contributed by atoms with Crippen molar-refractivity contribution in [2.75, 3.05) is 19.6 Å². The first-order valence-corrected chi connectivity index (χ1v) is 9.28. The quantitative estimate of drug-likeness (QED) is 0.542. The molecule has 1 aliphatic carbocycles. The van der Waals surface area contributed by atoms with Gasteiger partial charge < -0.3 is 15.4 Å². The number of fused-ring (bicyclic) bond motifs is 1. The van der Waals surface area contributed by atoms with Gasteiger partial charge in [-0.05, 0) is 33.6 Å². The molecule has 0 radical (unpaired) electrons. The van der Waals surface area contributed by atoms with Crippen LogP contribution in [0, 0.1) is 11.8 Å². The van der Waals surface area contributed by atoms with Crippen LogP contribution in [-0.4, -0.2) is 54.0 Å². The number of alkyl carbamates (subject to hydrolysis) is 1. The lowest BCUT2D eigenvalue weighted by molar-refractivity contribution is -0.140. The van der Waals surface area contributed by atoms with Crippen molar-refractivity contribution in [3.63, 3.8) is 0 Å². The predicted octanol–water partition coefficient (Wildman–Crippen LogP) is 1.19. The van der Waals surface area contributed by atoms with Gasteiger partial charge in [0.1, 0.15) is 5.60 Å². The van der Waals surface area contributed by atoms with Crippen molar-refractivity contribution < 1.29 is 23.9 Å². The van der Waals surface area contributed by atoms with Crippen LogP contribution in [0.1, 0.15) is 52.9 Å². The number of hydrogen-bond donors (Lipinski definition) is 2. The van der Waals surface area contributed by atoms with Crippen LogP contribution in [0.2, 0.25) is 0 Å². The van der Waals surface area contributed by atoms with Crippen molar-refractivity contribution in [2.24, 2.45) is 11.8 Å². The smallest absolute Gasteiger partial charge is 0.407 e. The van der Waals surface area contributed by atoms with Gasteiger partial charge in [0.15, 0.2) is 0 Å². The summed E-state index contributed by atoms with van der Waals surface area (Å²) in [4.78, 5) is 49.3. The highest BCUT2D eigenvalue weighted by molar-refractivity contribution is 6.05. The minimum atomic E-state index is -0.570. The van der Waals surface area contributed by atoms with Gasteiger partial charge in [0.25, 0.3) is 0 Å². The van der Waals surface area contributed by atoms with Crippen molar-refractivity contribution in [3.8, 4) is 0 Å². The molecule has 0 aromatic rings. The van der Waals surface area contributed by atoms with Gasteiger partial charge in [-0.3, -0.25) is 19.3 Å². The lowest BCUT2D eigenvalue weighted by Gasteiger charge is -2.19. The Morgan fingerprint density at radius 3 is 2.12 bits per heavy atom. The van der Waals surface area contributed by atoms with E-state index in [1.807, 2.05) is 0 Å². The van der Waals surface area contributed by atoms with Crippen LogP contribution >= 0.6 is 0 Å². The Labute approximate surface area is 154 Å². The molecule has 2 unspecified atom stereocenters. The van der Waals surface area contributed by atoms with Crippen molar-refractivity contribution >= 4 is 23.8 Å². The molecule has 2 N–H and O–H groups in total. The first-order chi connectivity index (χ1) is 12.2. The maximum absolute atomic E-state index is 12.3. The highest BCUT2D eigenvalue weighted by Gasteiger charge is 2.47. The monoisotopic (exact) mass is 367 g/mol. The van der Waals surface area contributed by atoms with E-state index < -0.39 is 11.7 Å². The first kappa shape index (κ1) is 20.2. The summed E-state index contributed by atoms with van der Waals surface area (Å²) in [5.74, 6) is -0.876. The molecule has 2 atom stereocenters. The zero-order chi connectivity index (χ0) is 19.3. The minimum Gasteiger partial charge on any atom is -0.444 e. The molecule has 4 amide bonds. The topological polar surface area (TPSA) is 105 Å². The number of hydrogen-bond acceptors (Lipinski definition) is 5. The summed E-state index contributed by atoms with van der Waals surface area (Å²) in [5.41, 5.74) is -0.570. The van der Waals surface area contributed by atoms with Crippen LogP contribution in [0.15, 0.2) is 0 Å². The number of nitrogens with zero attached hydrogens (tertiary/aromatic N) is 1. The third-order valence-electron chi connectivity index (χ3n) is 4.61. The number of imide groups is 1. The molecule has 1 saturated carbocycles. The number of ether oxygens (including phenoxy) is 1. The summed E-state index contributed by atoms with van der Waals surface area (Å²) in [6.45, 7) is 5.93. The van der Waals surface area contributed by atoms with Crippen molar-refractivity contribution in [2.45, 2.75) is 58.5 Å². The van der Waals surface area contributed by atoms with E-state index in [4.69, 9.17) is 4.74 Å². The number of likely N-dealkylation sites (tertiary alicyclic amines) is 1. The summed E-state index contributed by atoms with van der Waals surface area (Å²) in [6.07, 6.45) is 3.05. The van der Waals surface area contributed by atoms with Gasteiger partial charge in [0, 0.05) is 26.1 Å². The van der Waals surface area contributed by atoms with Crippen LogP contribution in [0.3, 0.4) is 0 Å². The average Bonchev–Trinajstić information content (AvgIpc) is 2.80. The summed E-state index contributed by atoms with van der Waals surface area (Å²) in [7, 11) is 0. The molecule has 0 bridgehead atoms. The molecule has 2 aliphatic rings. The third kappa shape index (κ3) is 5.44. The van der Waals surface area contributed by atoms with Gasteiger partial charge in [0.05, 0.1) is 11.8 Å². The summed E-state index contributed by atoms with van der Waals surface area (Å²) in [6, 6.07) is 0. The molecule has 0 aromatic carbocycles. The predicted molar refractivity (Wildman–Crippen MR) is 94.0 cm³/mol. The summed E-state index contributed by atoms with van der Waals surface area (Å²) in [5, 5.41) is 5.20. The third-order valence-corrected chi connectivity index (χ3v) is 4.61. The number of rotatable bonds is 6. The Bertz CT molecular complexity index is 546. The van der Waals surface area contributed by atoms with Gasteiger partial charge in [-0.1, -0.05) is 12.8 Å². The average molecular weight is 367 g/mol. The minimum absolute atomic E-state index is 0.0728. The van der Waals surface area contributed by atoms with E-state index in [1.54, 1.807) is 20.8 Å². The van der Waals surface area contributed by atoms with E-state index in [0.717, 1.165) is 25.7 Å². The maximum atomic E-state index is 12.3. The number of carbonyl (C=O) groups is 4. The van der Waals surface area contributed by atoms with E-state index in [2.05, 4.69) is 10.6 Å². The zero-order valence-corrected chi connectivity index (χ0v) is 15.8.